The average molecular weight is 296 g/mol. The summed E-state index contributed by atoms with van der Waals surface area (Å²) in [6, 6.07) is 0. The van der Waals surface area contributed by atoms with Crippen molar-refractivity contribution >= 4 is 0 Å². The molecular formula is C20H41N. The largest absolute Gasteiger partial charge is 0.316 e. The Morgan fingerprint density at radius 1 is 1.00 bits per heavy atom. The van der Waals surface area contributed by atoms with Gasteiger partial charge in [-0.25, -0.2) is 0 Å². The Morgan fingerprint density at radius 3 is 2.24 bits per heavy atom. The van der Waals surface area contributed by atoms with Gasteiger partial charge in [-0.2, -0.15) is 0 Å². The van der Waals surface area contributed by atoms with E-state index in [-0.39, 0.29) is 0 Å². The van der Waals surface area contributed by atoms with Gasteiger partial charge in [-0.3, -0.25) is 0 Å². The zero-order valence-corrected chi connectivity index (χ0v) is 15.3. The van der Waals surface area contributed by atoms with Crippen molar-refractivity contribution in [3.63, 3.8) is 0 Å². The second-order valence-electron chi connectivity index (χ2n) is 8.07. The maximum atomic E-state index is 3.78. The second-order valence-corrected chi connectivity index (χ2v) is 8.07. The van der Waals surface area contributed by atoms with Crippen LogP contribution >= 0.6 is 0 Å². The van der Waals surface area contributed by atoms with Gasteiger partial charge in [0.2, 0.25) is 0 Å². The highest BCUT2D eigenvalue weighted by Gasteiger charge is 2.34. The number of nitrogens with one attached hydrogen (secondary N) is 1. The molecule has 1 rings (SSSR count). The van der Waals surface area contributed by atoms with Gasteiger partial charge in [0.25, 0.3) is 0 Å². The minimum atomic E-state index is 0.632. The van der Waals surface area contributed by atoms with E-state index in [9.17, 15) is 0 Å². The molecule has 0 unspecified atom stereocenters. The van der Waals surface area contributed by atoms with Crippen LogP contribution in [0.2, 0.25) is 0 Å². The van der Waals surface area contributed by atoms with Crippen molar-refractivity contribution in [1.82, 2.24) is 5.32 Å². The molecule has 1 nitrogen and oxygen atoms in total. The summed E-state index contributed by atoms with van der Waals surface area (Å²) in [5.74, 6) is 1.81. The molecule has 1 aliphatic rings. The Bertz CT molecular complexity index is 238. The van der Waals surface area contributed by atoms with Crippen LogP contribution < -0.4 is 5.32 Å². The lowest BCUT2D eigenvalue weighted by atomic mass is 9.67. The van der Waals surface area contributed by atoms with Crippen molar-refractivity contribution in [2.45, 2.75) is 98.3 Å². The highest BCUT2D eigenvalue weighted by molar-refractivity contribution is 4.87. The topological polar surface area (TPSA) is 12.0 Å². The molecule has 0 aromatic carbocycles. The third kappa shape index (κ3) is 7.68. The quantitative estimate of drug-likeness (QED) is 0.449. The van der Waals surface area contributed by atoms with Crippen LogP contribution in [0.25, 0.3) is 0 Å². The van der Waals surface area contributed by atoms with E-state index in [4.69, 9.17) is 0 Å². The highest BCUT2D eigenvalue weighted by Crippen LogP contribution is 2.43. The van der Waals surface area contributed by atoms with Crippen LogP contribution in [-0.4, -0.2) is 13.1 Å². The first kappa shape index (κ1) is 19.0. The fourth-order valence-corrected chi connectivity index (χ4v) is 3.96. The van der Waals surface area contributed by atoms with Crippen LogP contribution in [0, 0.1) is 17.3 Å². The van der Waals surface area contributed by atoms with Gasteiger partial charge in [0, 0.05) is 6.54 Å². The lowest BCUT2D eigenvalue weighted by Gasteiger charge is -2.41. The number of hydrogen-bond acceptors (Lipinski definition) is 1. The summed E-state index contributed by atoms with van der Waals surface area (Å²) in [6.07, 6.45) is 15.9. The maximum absolute atomic E-state index is 3.78. The zero-order valence-electron chi connectivity index (χ0n) is 15.3. The molecule has 0 bridgehead atoms. The van der Waals surface area contributed by atoms with Crippen molar-refractivity contribution in [2.24, 2.45) is 17.3 Å². The molecule has 0 radical (unpaired) electrons. The molecule has 0 atom stereocenters. The van der Waals surface area contributed by atoms with Crippen molar-refractivity contribution in [3.8, 4) is 0 Å². The van der Waals surface area contributed by atoms with Gasteiger partial charge in [-0.05, 0) is 55.9 Å². The molecule has 0 amide bonds. The maximum Gasteiger partial charge on any atom is 0.000792 e. The Morgan fingerprint density at radius 2 is 1.67 bits per heavy atom. The molecule has 0 heterocycles. The van der Waals surface area contributed by atoms with Crippen molar-refractivity contribution in [2.75, 3.05) is 13.1 Å². The lowest BCUT2D eigenvalue weighted by Crippen LogP contribution is -2.39. The third-order valence-corrected chi connectivity index (χ3v) is 5.50. The van der Waals surface area contributed by atoms with E-state index in [1.165, 1.54) is 83.7 Å². The molecule has 0 saturated heterocycles. The first-order valence-electron chi connectivity index (χ1n) is 9.82. The zero-order chi connectivity index (χ0) is 15.6. The SMILES string of the molecule is CCCCCC1(CNCC(C)C)CCC(CCCC)CC1. The summed E-state index contributed by atoms with van der Waals surface area (Å²) in [7, 11) is 0. The van der Waals surface area contributed by atoms with Gasteiger partial charge >= 0.3 is 0 Å². The molecular weight excluding hydrogens is 254 g/mol. The minimum Gasteiger partial charge on any atom is -0.316 e. The van der Waals surface area contributed by atoms with Crippen LogP contribution in [0.5, 0.6) is 0 Å². The van der Waals surface area contributed by atoms with E-state index < -0.39 is 0 Å². The monoisotopic (exact) mass is 295 g/mol. The molecule has 21 heavy (non-hydrogen) atoms. The van der Waals surface area contributed by atoms with Crippen LogP contribution in [0.3, 0.4) is 0 Å². The summed E-state index contributed by atoms with van der Waals surface area (Å²) in [6.45, 7) is 11.8. The minimum absolute atomic E-state index is 0.632. The van der Waals surface area contributed by atoms with Crippen LogP contribution in [-0.2, 0) is 0 Å². The molecule has 126 valence electrons. The third-order valence-electron chi connectivity index (χ3n) is 5.50. The Kier molecular flexibility index (Phi) is 9.64. The van der Waals surface area contributed by atoms with Gasteiger partial charge < -0.3 is 5.32 Å². The van der Waals surface area contributed by atoms with Gasteiger partial charge in [0.05, 0.1) is 0 Å². The summed E-state index contributed by atoms with van der Waals surface area (Å²) in [5.41, 5.74) is 0.632. The molecule has 0 aromatic heterocycles. The Balaban J connectivity index is 2.42. The van der Waals surface area contributed by atoms with Crippen LogP contribution in [0.1, 0.15) is 98.3 Å². The lowest BCUT2D eigenvalue weighted by molar-refractivity contribution is 0.123. The molecule has 1 aliphatic carbocycles. The van der Waals surface area contributed by atoms with Gasteiger partial charge in [-0.1, -0.05) is 66.2 Å². The molecule has 1 saturated carbocycles. The molecule has 0 aliphatic heterocycles. The number of hydrogen-bond donors (Lipinski definition) is 1. The van der Waals surface area contributed by atoms with Crippen LogP contribution in [0.15, 0.2) is 0 Å². The second kappa shape index (κ2) is 10.6. The molecule has 1 heteroatoms. The fraction of sp³-hybridized carbons (Fsp3) is 1.00. The standard InChI is InChI=1S/C20H41N/c1-5-7-9-13-20(17-21-16-18(3)4)14-11-19(12-15-20)10-8-6-2/h18-19,21H,5-17H2,1-4H3. The van der Waals surface area contributed by atoms with Gasteiger partial charge in [0.1, 0.15) is 0 Å². The van der Waals surface area contributed by atoms with E-state index in [1.807, 2.05) is 0 Å². The Hall–Kier alpha value is -0.0400. The van der Waals surface area contributed by atoms with E-state index in [0.29, 0.717) is 5.41 Å². The fourth-order valence-electron chi connectivity index (χ4n) is 3.96. The average Bonchev–Trinajstić information content (AvgIpc) is 2.47. The molecule has 1 fully saturated rings. The summed E-state index contributed by atoms with van der Waals surface area (Å²) >= 11 is 0. The number of unbranched alkanes of at least 4 members (excludes halogenated alkanes) is 3. The molecule has 1 N–H and O–H groups in total. The van der Waals surface area contributed by atoms with E-state index in [2.05, 4.69) is 33.0 Å². The van der Waals surface area contributed by atoms with E-state index in [0.717, 1.165) is 11.8 Å². The van der Waals surface area contributed by atoms with Crippen molar-refractivity contribution < 1.29 is 0 Å². The van der Waals surface area contributed by atoms with Gasteiger partial charge in [0.15, 0.2) is 0 Å². The molecule has 0 aromatic rings. The normalized spacial score (nSPS) is 26.4. The van der Waals surface area contributed by atoms with E-state index in [1.54, 1.807) is 0 Å². The van der Waals surface area contributed by atoms with Crippen LogP contribution in [0.4, 0.5) is 0 Å². The predicted molar refractivity (Wildman–Crippen MR) is 95.8 cm³/mol. The van der Waals surface area contributed by atoms with Crippen molar-refractivity contribution in [3.05, 3.63) is 0 Å². The highest BCUT2D eigenvalue weighted by atomic mass is 14.9. The smallest absolute Gasteiger partial charge is 0.000792 e. The summed E-state index contributed by atoms with van der Waals surface area (Å²) in [5, 5.41) is 3.78. The van der Waals surface area contributed by atoms with Crippen molar-refractivity contribution in [1.29, 1.82) is 0 Å². The number of rotatable bonds is 11. The molecule has 0 spiro atoms. The van der Waals surface area contributed by atoms with E-state index >= 15 is 0 Å². The Labute approximate surface area is 134 Å². The summed E-state index contributed by atoms with van der Waals surface area (Å²) in [4.78, 5) is 0. The first-order valence-corrected chi connectivity index (χ1v) is 9.82. The first-order chi connectivity index (χ1) is 10.1. The predicted octanol–water partition coefficient (Wildman–Crippen LogP) is 6.18. The van der Waals surface area contributed by atoms with Gasteiger partial charge in [-0.15, -0.1) is 0 Å². The summed E-state index contributed by atoms with van der Waals surface area (Å²) < 4.78 is 0.